The van der Waals surface area contributed by atoms with Crippen LogP contribution in [-0.4, -0.2) is 30.0 Å². The number of benzene rings is 1. The third-order valence-corrected chi connectivity index (χ3v) is 4.82. The average molecular weight is 368 g/mol. The number of hydrogen-bond donors (Lipinski definition) is 1. The molecule has 7 heteroatoms. The zero-order valence-corrected chi connectivity index (χ0v) is 16.8. The normalized spacial score (nSPS) is 19.0. The minimum atomic E-state index is -0.556. The lowest BCUT2D eigenvalue weighted by Gasteiger charge is -2.32. The highest BCUT2D eigenvalue weighted by Gasteiger charge is 2.52. The van der Waals surface area contributed by atoms with Crippen LogP contribution in [-0.2, 0) is 20.6 Å². The standard InChI is InChI=1S/C18H27BClNO4/c1-16(2,3)23-15(22)21-11-12-13(9-8-10-14(12)20)19-24-17(4,5)18(6,7)25-19/h8-10H,11H2,1-7H3,(H,21,22). The number of carbonyl (C=O) groups excluding carboxylic acids is 1. The Hall–Kier alpha value is -1.24. The highest BCUT2D eigenvalue weighted by Crippen LogP contribution is 2.37. The predicted molar refractivity (Wildman–Crippen MR) is 100 cm³/mol. The van der Waals surface area contributed by atoms with Gasteiger partial charge in [0.1, 0.15) is 5.60 Å². The summed E-state index contributed by atoms with van der Waals surface area (Å²) in [5, 5.41) is 3.29. The molecule has 0 radical (unpaired) electrons. The lowest BCUT2D eigenvalue weighted by atomic mass is 9.76. The second kappa shape index (κ2) is 6.82. The molecular weight excluding hydrogens is 340 g/mol. The zero-order valence-electron chi connectivity index (χ0n) is 16.0. The molecule has 0 aromatic heterocycles. The summed E-state index contributed by atoms with van der Waals surface area (Å²) in [4.78, 5) is 11.9. The second-order valence-electron chi connectivity index (χ2n) is 8.25. The predicted octanol–water partition coefficient (Wildman–Crippen LogP) is 3.66. The van der Waals surface area contributed by atoms with E-state index in [1.807, 2.05) is 60.6 Å². The van der Waals surface area contributed by atoms with Crippen LogP contribution in [0.5, 0.6) is 0 Å². The average Bonchev–Trinajstić information content (AvgIpc) is 2.63. The fourth-order valence-corrected chi connectivity index (χ4v) is 2.68. The van der Waals surface area contributed by atoms with Crippen molar-refractivity contribution in [1.29, 1.82) is 0 Å². The van der Waals surface area contributed by atoms with Gasteiger partial charge in [0.2, 0.25) is 0 Å². The molecule has 1 saturated heterocycles. The van der Waals surface area contributed by atoms with E-state index in [9.17, 15) is 4.79 Å². The lowest BCUT2D eigenvalue weighted by molar-refractivity contribution is 0.00578. The molecule has 2 rings (SSSR count). The number of alkyl carbamates (subject to hydrolysis) is 1. The summed E-state index contributed by atoms with van der Waals surface area (Å²) in [6.45, 7) is 13.7. The molecule has 0 bridgehead atoms. The maximum Gasteiger partial charge on any atom is 0.495 e. The fourth-order valence-electron chi connectivity index (χ4n) is 2.43. The number of rotatable bonds is 3. The van der Waals surface area contributed by atoms with E-state index >= 15 is 0 Å². The number of carbonyl (C=O) groups is 1. The molecular formula is C18H27BClNO4. The second-order valence-corrected chi connectivity index (χ2v) is 8.66. The molecule has 0 atom stereocenters. The van der Waals surface area contributed by atoms with Gasteiger partial charge in [-0.05, 0) is 65.6 Å². The van der Waals surface area contributed by atoms with E-state index in [1.54, 1.807) is 6.07 Å². The molecule has 1 heterocycles. The third-order valence-electron chi connectivity index (χ3n) is 4.47. The maximum absolute atomic E-state index is 11.9. The van der Waals surface area contributed by atoms with Gasteiger partial charge in [0, 0.05) is 11.6 Å². The Kier molecular flexibility index (Phi) is 5.48. The van der Waals surface area contributed by atoms with Crippen molar-refractivity contribution in [2.24, 2.45) is 0 Å². The monoisotopic (exact) mass is 367 g/mol. The van der Waals surface area contributed by atoms with Crippen LogP contribution in [0.2, 0.25) is 5.02 Å². The molecule has 1 aromatic carbocycles. The van der Waals surface area contributed by atoms with Crippen LogP contribution in [0, 0.1) is 0 Å². The zero-order chi connectivity index (χ0) is 19.0. The molecule has 1 aromatic rings. The van der Waals surface area contributed by atoms with Crippen molar-refractivity contribution in [1.82, 2.24) is 5.32 Å². The van der Waals surface area contributed by atoms with Gasteiger partial charge in [-0.1, -0.05) is 23.7 Å². The van der Waals surface area contributed by atoms with Crippen LogP contribution in [0.4, 0.5) is 4.79 Å². The van der Waals surface area contributed by atoms with Gasteiger partial charge in [0.25, 0.3) is 0 Å². The van der Waals surface area contributed by atoms with Crippen molar-refractivity contribution in [3.05, 3.63) is 28.8 Å². The molecule has 5 nitrogen and oxygen atoms in total. The Labute approximate surface area is 155 Å². The first-order chi connectivity index (χ1) is 11.3. The topological polar surface area (TPSA) is 56.8 Å². The molecule has 0 saturated carbocycles. The van der Waals surface area contributed by atoms with Gasteiger partial charge in [-0.25, -0.2) is 4.79 Å². The number of nitrogens with one attached hydrogen (secondary N) is 1. The summed E-state index contributed by atoms with van der Waals surface area (Å²) < 4.78 is 17.5. The highest BCUT2D eigenvalue weighted by atomic mass is 35.5. The van der Waals surface area contributed by atoms with Gasteiger partial charge in [0.15, 0.2) is 0 Å². The van der Waals surface area contributed by atoms with Crippen LogP contribution in [0.3, 0.4) is 0 Å². The third kappa shape index (κ3) is 4.69. The van der Waals surface area contributed by atoms with E-state index in [0.717, 1.165) is 11.0 Å². The molecule has 25 heavy (non-hydrogen) atoms. The van der Waals surface area contributed by atoms with E-state index < -0.39 is 30.0 Å². The molecule has 0 aliphatic carbocycles. The van der Waals surface area contributed by atoms with Crippen molar-refractivity contribution >= 4 is 30.3 Å². The van der Waals surface area contributed by atoms with Crippen LogP contribution in [0.15, 0.2) is 18.2 Å². The van der Waals surface area contributed by atoms with E-state index in [-0.39, 0.29) is 6.54 Å². The van der Waals surface area contributed by atoms with Crippen molar-refractivity contribution in [2.75, 3.05) is 0 Å². The van der Waals surface area contributed by atoms with Crippen molar-refractivity contribution in [2.45, 2.75) is 71.8 Å². The largest absolute Gasteiger partial charge is 0.495 e. The van der Waals surface area contributed by atoms with Crippen molar-refractivity contribution in [3.8, 4) is 0 Å². The van der Waals surface area contributed by atoms with Gasteiger partial charge < -0.3 is 19.4 Å². The first-order valence-corrected chi connectivity index (χ1v) is 8.80. The van der Waals surface area contributed by atoms with Gasteiger partial charge in [-0.2, -0.15) is 0 Å². The van der Waals surface area contributed by atoms with Crippen LogP contribution >= 0.6 is 11.6 Å². The number of halogens is 1. The maximum atomic E-state index is 11.9. The minimum Gasteiger partial charge on any atom is -0.444 e. The molecule has 1 aliphatic rings. The first-order valence-electron chi connectivity index (χ1n) is 8.42. The van der Waals surface area contributed by atoms with E-state index in [1.165, 1.54) is 0 Å². The molecule has 138 valence electrons. The van der Waals surface area contributed by atoms with Gasteiger partial charge >= 0.3 is 13.2 Å². The fraction of sp³-hybridized carbons (Fsp3) is 0.611. The summed E-state index contributed by atoms with van der Waals surface area (Å²) in [5.41, 5.74) is 0.112. The highest BCUT2D eigenvalue weighted by molar-refractivity contribution is 6.63. The number of ether oxygens (including phenoxy) is 1. The van der Waals surface area contributed by atoms with E-state index in [0.29, 0.717) is 5.02 Å². The quantitative estimate of drug-likeness (QED) is 0.828. The summed E-state index contributed by atoms with van der Waals surface area (Å²) in [6.07, 6.45) is -0.493. The summed E-state index contributed by atoms with van der Waals surface area (Å²) in [7, 11) is -0.542. The van der Waals surface area contributed by atoms with Gasteiger partial charge in [-0.3, -0.25) is 0 Å². The number of amides is 1. The van der Waals surface area contributed by atoms with Gasteiger partial charge in [-0.15, -0.1) is 0 Å². The molecule has 1 N–H and O–H groups in total. The Balaban J connectivity index is 2.19. The Morgan fingerprint density at radius 3 is 2.28 bits per heavy atom. The van der Waals surface area contributed by atoms with E-state index in [2.05, 4.69) is 5.32 Å². The summed E-state index contributed by atoms with van der Waals surface area (Å²) in [5.74, 6) is 0. The van der Waals surface area contributed by atoms with Crippen molar-refractivity contribution < 1.29 is 18.8 Å². The first kappa shape index (κ1) is 20.1. The van der Waals surface area contributed by atoms with Crippen LogP contribution in [0.25, 0.3) is 0 Å². The SMILES string of the molecule is CC(C)(C)OC(=O)NCc1c(Cl)cccc1B1OC(C)(C)C(C)(C)O1. The summed E-state index contributed by atoms with van der Waals surface area (Å²) in [6, 6.07) is 5.53. The summed E-state index contributed by atoms with van der Waals surface area (Å²) >= 11 is 6.36. The van der Waals surface area contributed by atoms with Gasteiger partial charge in [0.05, 0.1) is 11.2 Å². The Bertz CT molecular complexity index is 639. The number of hydrogen-bond acceptors (Lipinski definition) is 4. The van der Waals surface area contributed by atoms with Crippen LogP contribution < -0.4 is 10.8 Å². The molecule has 1 amide bonds. The van der Waals surface area contributed by atoms with Crippen LogP contribution in [0.1, 0.15) is 54.0 Å². The molecule has 1 aliphatic heterocycles. The van der Waals surface area contributed by atoms with Crippen molar-refractivity contribution in [3.63, 3.8) is 0 Å². The molecule has 1 fully saturated rings. The van der Waals surface area contributed by atoms with E-state index in [4.69, 9.17) is 25.6 Å². The Morgan fingerprint density at radius 2 is 1.76 bits per heavy atom. The molecule has 0 unspecified atom stereocenters. The lowest BCUT2D eigenvalue weighted by Crippen LogP contribution is -2.41. The smallest absolute Gasteiger partial charge is 0.444 e. The minimum absolute atomic E-state index is 0.230. The Morgan fingerprint density at radius 1 is 1.20 bits per heavy atom. The molecule has 0 spiro atoms.